The highest BCUT2D eigenvalue weighted by atomic mass is 127. The van der Waals surface area contributed by atoms with Crippen LogP contribution in [0.25, 0.3) is 0 Å². The Balaban J connectivity index is 1.12. The Labute approximate surface area is 257 Å². The van der Waals surface area contributed by atoms with Gasteiger partial charge >= 0.3 is 0 Å². The number of aromatic nitrogens is 1. The molecule has 0 spiro atoms. The lowest BCUT2D eigenvalue weighted by Gasteiger charge is -2.49. The third-order valence-corrected chi connectivity index (χ3v) is 11.1. The van der Waals surface area contributed by atoms with Gasteiger partial charge in [-0.1, -0.05) is 26.3 Å². The zero-order valence-electron chi connectivity index (χ0n) is 23.3. The molecule has 4 amide bonds. The maximum Gasteiger partial charge on any atom is 0.266 e. The summed E-state index contributed by atoms with van der Waals surface area (Å²) in [5, 5.41) is 5.10. The second-order valence-corrected chi connectivity index (χ2v) is 14.2. The van der Waals surface area contributed by atoms with Gasteiger partial charge in [0.2, 0.25) is 11.8 Å². The average Bonchev–Trinajstić information content (AvgIpc) is 3.48. The number of carbonyl (C=O) groups is 4. The van der Waals surface area contributed by atoms with Crippen molar-refractivity contribution in [2.45, 2.75) is 84.0 Å². The van der Waals surface area contributed by atoms with Gasteiger partial charge in [0.25, 0.3) is 11.8 Å². The summed E-state index contributed by atoms with van der Waals surface area (Å²) in [5.74, 6) is 1.31. The van der Waals surface area contributed by atoms with Crippen molar-refractivity contribution in [1.82, 2.24) is 18.3 Å². The summed E-state index contributed by atoms with van der Waals surface area (Å²) in [6, 6.07) is 4.45. The molecule has 2 saturated carbocycles. The number of piperidine rings is 1. The van der Waals surface area contributed by atoms with E-state index in [-0.39, 0.29) is 36.3 Å². The number of thiazole rings is 1. The van der Waals surface area contributed by atoms with Crippen LogP contribution in [0, 0.1) is 23.7 Å². The van der Waals surface area contributed by atoms with Crippen LogP contribution in [-0.4, -0.2) is 48.7 Å². The Morgan fingerprint density at radius 1 is 1.15 bits per heavy atom. The first-order chi connectivity index (χ1) is 19.7. The van der Waals surface area contributed by atoms with Crippen molar-refractivity contribution in [2.75, 3.05) is 0 Å². The third kappa shape index (κ3) is 5.56. The molecule has 2 aromatic rings. The van der Waals surface area contributed by atoms with Crippen molar-refractivity contribution in [2.24, 2.45) is 23.7 Å². The van der Waals surface area contributed by atoms with Gasteiger partial charge in [0.15, 0.2) is 0 Å². The number of rotatable bonds is 8. The highest BCUT2D eigenvalue weighted by Crippen LogP contribution is 2.48. The molecule has 9 nitrogen and oxygen atoms in total. The molecule has 218 valence electrons. The molecule has 6 rings (SSSR count). The second kappa shape index (κ2) is 11.7. The molecular weight excluding hydrogens is 655 g/mol. The molecule has 1 aromatic carbocycles. The number of benzene rings is 1. The molecule has 1 N–H and O–H groups in total. The summed E-state index contributed by atoms with van der Waals surface area (Å²) in [7, 11) is 0. The van der Waals surface area contributed by atoms with Crippen LogP contribution in [-0.2, 0) is 22.7 Å². The van der Waals surface area contributed by atoms with Gasteiger partial charge in [-0.15, -0.1) is 11.3 Å². The fraction of sp³-hybridized carbons (Fsp3) is 0.567. The highest BCUT2D eigenvalue weighted by molar-refractivity contribution is 14.1. The minimum absolute atomic E-state index is 0.0777. The van der Waals surface area contributed by atoms with Crippen molar-refractivity contribution < 1.29 is 23.9 Å². The molecule has 6 unspecified atom stereocenters. The van der Waals surface area contributed by atoms with Crippen molar-refractivity contribution >= 4 is 57.8 Å². The largest absolute Gasteiger partial charge is 0.486 e. The molecule has 2 aliphatic carbocycles. The molecule has 0 radical (unpaired) electrons. The first kappa shape index (κ1) is 28.7. The average molecular weight is 691 g/mol. The Hall–Kier alpha value is -2.38. The fourth-order valence-corrected chi connectivity index (χ4v) is 9.54. The SMILES string of the molecule is CCC1CC2CC(C)CC(C2)C1N(I)Cc1csc(COc2cccc3c2C(=O)N(C2CCC(=O)NC2=O)C3=O)n1. The predicted molar refractivity (Wildman–Crippen MR) is 161 cm³/mol. The number of nitrogens with one attached hydrogen (secondary N) is 1. The van der Waals surface area contributed by atoms with Crippen molar-refractivity contribution in [1.29, 1.82) is 0 Å². The van der Waals surface area contributed by atoms with Gasteiger partial charge in [0, 0.05) is 40.7 Å². The molecular formula is C30H35IN4O5S. The number of nitrogens with zero attached hydrogens (tertiary/aromatic N) is 3. The molecule has 1 aromatic heterocycles. The van der Waals surface area contributed by atoms with Crippen LogP contribution < -0.4 is 10.1 Å². The minimum atomic E-state index is -1.01. The number of hydrogen-bond acceptors (Lipinski definition) is 8. The van der Waals surface area contributed by atoms with Crippen LogP contribution in [0.15, 0.2) is 23.6 Å². The molecule has 11 heteroatoms. The standard InChI is InChI=1S/C30H35IN4O5S/c1-3-18-11-17-9-16(2)10-19(12-17)27(18)34(31)13-20-15-41-25(32-20)14-40-23-6-4-5-21-26(23)30(39)35(29(21)38)22-7-8-24(36)33-28(22)37/h4-6,15-19,22,27H,3,7-14H2,1-2H3,(H,33,36,37). The van der Waals surface area contributed by atoms with Crippen LogP contribution in [0.3, 0.4) is 0 Å². The van der Waals surface area contributed by atoms with E-state index in [0.717, 1.165) is 45.8 Å². The molecule has 4 aliphatic rings. The van der Waals surface area contributed by atoms with Gasteiger partial charge < -0.3 is 4.74 Å². The van der Waals surface area contributed by atoms with E-state index >= 15 is 0 Å². The van der Waals surface area contributed by atoms with E-state index in [0.29, 0.717) is 6.04 Å². The van der Waals surface area contributed by atoms with E-state index in [1.807, 2.05) is 0 Å². The van der Waals surface area contributed by atoms with Crippen LogP contribution in [0.4, 0.5) is 0 Å². The first-order valence-corrected chi connectivity index (χ1v) is 16.4. The molecule has 2 bridgehead atoms. The van der Waals surface area contributed by atoms with Gasteiger partial charge in [-0.3, -0.25) is 29.4 Å². The number of ether oxygens (including phenoxy) is 1. The summed E-state index contributed by atoms with van der Waals surface area (Å²) in [6.07, 6.45) is 6.79. The predicted octanol–water partition coefficient (Wildman–Crippen LogP) is 5.13. The van der Waals surface area contributed by atoms with Crippen molar-refractivity contribution in [3.05, 3.63) is 45.4 Å². The molecule has 3 fully saturated rings. The van der Waals surface area contributed by atoms with Crippen LogP contribution >= 0.6 is 34.2 Å². The lowest BCUT2D eigenvalue weighted by molar-refractivity contribution is -0.136. The van der Waals surface area contributed by atoms with Gasteiger partial charge in [-0.2, -0.15) is 0 Å². The quantitative estimate of drug-likeness (QED) is 0.233. The van der Waals surface area contributed by atoms with Crippen molar-refractivity contribution in [3.63, 3.8) is 0 Å². The van der Waals surface area contributed by atoms with E-state index in [2.05, 4.69) is 50.5 Å². The van der Waals surface area contributed by atoms with Crippen LogP contribution in [0.5, 0.6) is 5.75 Å². The van der Waals surface area contributed by atoms with Crippen LogP contribution in [0.2, 0.25) is 0 Å². The summed E-state index contributed by atoms with van der Waals surface area (Å²) < 4.78 is 8.53. The lowest BCUT2D eigenvalue weighted by Crippen LogP contribution is -2.54. The zero-order chi connectivity index (χ0) is 28.8. The normalized spacial score (nSPS) is 29.6. The highest BCUT2D eigenvalue weighted by Gasteiger charge is 2.46. The fourth-order valence-electron chi connectivity index (χ4n) is 7.58. The van der Waals surface area contributed by atoms with Gasteiger partial charge in [0.05, 0.1) is 23.4 Å². The van der Waals surface area contributed by atoms with E-state index < -0.39 is 29.7 Å². The number of amides is 4. The Kier molecular flexibility index (Phi) is 8.21. The maximum atomic E-state index is 13.3. The summed E-state index contributed by atoms with van der Waals surface area (Å²) >= 11 is 4.04. The smallest absolute Gasteiger partial charge is 0.266 e. The first-order valence-electron chi connectivity index (χ1n) is 14.6. The number of fused-ring (bicyclic) bond motifs is 3. The number of hydrogen-bond donors (Lipinski definition) is 1. The van der Waals surface area contributed by atoms with Gasteiger partial charge in [-0.25, -0.2) is 8.10 Å². The third-order valence-electron chi connectivity index (χ3n) is 9.22. The topological polar surface area (TPSA) is 109 Å². The monoisotopic (exact) mass is 690 g/mol. The van der Waals surface area contributed by atoms with Gasteiger partial charge in [-0.05, 0) is 67.9 Å². The molecule has 3 heterocycles. The maximum absolute atomic E-state index is 13.3. The summed E-state index contributed by atoms with van der Waals surface area (Å²) in [4.78, 5) is 56.2. The molecule has 41 heavy (non-hydrogen) atoms. The Morgan fingerprint density at radius 3 is 2.76 bits per heavy atom. The van der Waals surface area contributed by atoms with E-state index in [9.17, 15) is 19.2 Å². The molecule has 1 saturated heterocycles. The number of carbonyl (C=O) groups excluding carboxylic acids is 4. The summed E-state index contributed by atoms with van der Waals surface area (Å²) in [5.41, 5.74) is 1.37. The zero-order valence-corrected chi connectivity index (χ0v) is 26.3. The second-order valence-electron chi connectivity index (χ2n) is 12.0. The summed E-state index contributed by atoms with van der Waals surface area (Å²) in [6.45, 7) is 5.69. The number of halogens is 1. The van der Waals surface area contributed by atoms with E-state index in [1.165, 1.54) is 43.4 Å². The van der Waals surface area contributed by atoms with E-state index in [4.69, 9.17) is 9.72 Å². The Morgan fingerprint density at radius 2 is 1.98 bits per heavy atom. The van der Waals surface area contributed by atoms with Crippen molar-refractivity contribution in [3.8, 4) is 5.75 Å². The molecule has 2 aliphatic heterocycles. The lowest BCUT2D eigenvalue weighted by atomic mass is 9.62. The van der Waals surface area contributed by atoms with Gasteiger partial charge in [0.1, 0.15) is 23.4 Å². The number of imide groups is 2. The molecule has 6 atom stereocenters. The minimum Gasteiger partial charge on any atom is -0.486 e. The van der Waals surface area contributed by atoms with Crippen LogP contribution in [0.1, 0.15) is 90.2 Å². The Bertz CT molecular complexity index is 1380. The van der Waals surface area contributed by atoms with E-state index in [1.54, 1.807) is 18.2 Å².